The summed E-state index contributed by atoms with van der Waals surface area (Å²) in [6.07, 6.45) is 3.15. The summed E-state index contributed by atoms with van der Waals surface area (Å²) in [6, 6.07) is 0. The molecule has 1 saturated heterocycles. The van der Waals surface area contributed by atoms with Crippen LogP contribution in [0.4, 0.5) is 0 Å². The smallest absolute Gasteiger partial charge is 0.164 e. The average molecular weight is 172 g/mol. The third-order valence-corrected chi connectivity index (χ3v) is 2.80. The minimum absolute atomic E-state index is 0.0844. The lowest BCUT2D eigenvalue weighted by Gasteiger charge is -2.25. The molecule has 0 aromatic rings. The lowest BCUT2D eigenvalue weighted by Crippen LogP contribution is -2.39. The first-order chi connectivity index (χ1) is 5.58. The van der Waals surface area contributed by atoms with Gasteiger partial charge < -0.3 is 14.6 Å². The molecule has 2 rings (SSSR count). The predicted molar refractivity (Wildman–Crippen MR) is 43.7 cm³/mol. The number of rotatable bonds is 1. The topological polar surface area (TPSA) is 38.7 Å². The Labute approximate surface area is 72.7 Å². The van der Waals surface area contributed by atoms with Crippen LogP contribution in [-0.4, -0.2) is 29.2 Å². The monoisotopic (exact) mass is 172 g/mol. The van der Waals surface area contributed by atoms with Crippen LogP contribution in [0.5, 0.6) is 0 Å². The standard InChI is InChI=1S/C9H16O3/c1-8(2)11-7-4-3-5-9(7,6-10)12-8/h7,10H,3-6H2,1-2H3/t7-,9-/m1/s1. The Morgan fingerprint density at radius 3 is 2.83 bits per heavy atom. The SMILES string of the molecule is CC1(C)O[C@@H]2CCC[C@]2(CO)O1. The molecule has 1 aliphatic carbocycles. The van der Waals surface area contributed by atoms with Crippen molar-refractivity contribution in [2.45, 2.75) is 50.6 Å². The van der Waals surface area contributed by atoms with E-state index in [0.717, 1.165) is 19.3 Å². The van der Waals surface area contributed by atoms with Crippen LogP contribution in [0.25, 0.3) is 0 Å². The van der Waals surface area contributed by atoms with Gasteiger partial charge in [0.05, 0.1) is 12.7 Å². The van der Waals surface area contributed by atoms with Gasteiger partial charge in [-0.3, -0.25) is 0 Å². The Bertz CT molecular complexity index is 190. The van der Waals surface area contributed by atoms with E-state index in [4.69, 9.17) is 9.47 Å². The molecule has 2 aliphatic rings. The van der Waals surface area contributed by atoms with Gasteiger partial charge in [-0.05, 0) is 33.1 Å². The summed E-state index contributed by atoms with van der Waals surface area (Å²) in [6.45, 7) is 3.90. The van der Waals surface area contributed by atoms with Gasteiger partial charge in [-0.1, -0.05) is 0 Å². The van der Waals surface area contributed by atoms with Gasteiger partial charge in [0.25, 0.3) is 0 Å². The average Bonchev–Trinajstić information content (AvgIpc) is 2.40. The van der Waals surface area contributed by atoms with E-state index < -0.39 is 5.79 Å². The van der Waals surface area contributed by atoms with Crippen LogP contribution in [0.1, 0.15) is 33.1 Å². The number of hydrogen-bond acceptors (Lipinski definition) is 3. The highest BCUT2D eigenvalue weighted by molar-refractivity contribution is 5.00. The Balaban J connectivity index is 2.20. The zero-order valence-electron chi connectivity index (χ0n) is 7.67. The van der Waals surface area contributed by atoms with Crippen molar-refractivity contribution in [3.05, 3.63) is 0 Å². The molecule has 2 fully saturated rings. The fourth-order valence-corrected chi connectivity index (χ4v) is 2.36. The molecule has 70 valence electrons. The summed E-state index contributed by atoms with van der Waals surface area (Å²) in [4.78, 5) is 0. The van der Waals surface area contributed by atoms with Crippen LogP contribution in [-0.2, 0) is 9.47 Å². The largest absolute Gasteiger partial charge is 0.393 e. The molecule has 1 aliphatic heterocycles. The van der Waals surface area contributed by atoms with Gasteiger partial charge in [-0.2, -0.15) is 0 Å². The maximum atomic E-state index is 9.25. The molecule has 0 amide bonds. The van der Waals surface area contributed by atoms with E-state index in [1.54, 1.807) is 0 Å². The molecule has 0 bridgehead atoms. The van der Waals surface area contributed by atoms with Crippen LogP contribution in [0.15, 0.2) is 0 Å². The molecule has 2 atom stereocenters. The van der Waals surface area contributed by atoms with Crippen molar-refractivity contribution in [1.29, 1.82) is 0 Å². The summed E-state index contributed by atoms with van der Waals surface area (Å²) in [5.41, 5.74) is -0.385. The van der Waals surface area contributed by atoms with Gasteiger partial charge in [-0.15, -0.1) is 0 Å². The second-order valence-electron chi connectivity index (χ2n) is 4.22. The fourth-order valence-electron chi connectivity index (χ4n) is 2.36. The minimum Gasteiger partial charge on any atom is -0.393 e. The maximum Gasteiger partial charge on any atom is 0.164 e. The molecule has 0 aromatic heterocycles. The lowest BCUT2D eigenvalue weighted by molar-refractivity contribution is -0.174. The summed E-state index contributed by atoms with van der Waals surface area (Å²) < 4.78 is 11.4. The van der Waals surface area contributed by atoms with Gasteiger partial charge in [0.1, 0.15) is 5.60 Å². The normalized spacial score (nSPS) is 44.8. The van der Waals surface area contributed by atoms with E-state index in [9.17, 15) is 5.11 Å². The molecule has 3 heteroatoms. The van der Waals surface area contributed by atoms with Gasteiger partial charge >= 0.3 is 0 Å². The zero-order chi connectivity index (χ0) is 8.82. The number of aliphatic hydroxyl groups is 1. The van der Waals surface area contributed by atoms with Gasteiger partial charge in [0, 0.05) is 0 Å². The zero-order valence-corrected chi connectivity index (χ0v) is 7.67. The van der Waals surface area contributed by atoms with E-state index >= 15 is 0 Å². The maximum absolute atomic E-state index is 9.25. The fraction of sp³-hybridized carbons (Fsp3) is 1.00. The molecule has 0 unspecified atom stereocenters. The molecule has 1 saturated carbocycles. The lowest BCUT2D eigenvalue weighted by atomic mass is 10.0. The van der Waals surface area contributed by atoms with Crippen molar-refractivity contribution in [3.63, 3.8) is 0 Å². The van der Waals surface area contributed by atoms with Crippen molar-refractivity contribution < 1.29 is 14.6 Å². The number of fused-ring (bicyclic) bond motifs is 1. The Morgan fingerprint density at radius 1 is 1.50 bits per heavy atom. The third-order valence-electron chi connectivity index (χ3n) is 2.80. The molecular formula is C9H16O3. The van der Waals surface area contributed by atoms with Crippen molar-refractivity contribution in [2.24, 2.45) is 0 Å². The molecule has 3 nitrogen and oxygen atoms in total. The van der Waals surface area contributed by atoms with E-state index in [-0.39, 0.29) is 18.3 Å². The van der Waals surface area contributed by atoms with E-state index in [2.05, 4.69) is 0 Å². The Morgan fingerprint density at radius 2 is 2.25 bits per heavy atom. The number of hydrogen-bond donors (Lipinski definition) is 1. The quantitative estimate of drug-likeness (QED) is 0.642. The van der Waals surface area contributed by atoms with Crippen LogP contribution >= 0.6 is 0 Å². The van der Waals surface area contributed by atoms with E-state index in [0.29, 0.717) is 0 Å². The van der Waals surface area contributed by atoms with Gasteiger partial charge in [-0.25, -0.2) is 0 Å². The van der Waals surface area contributed by atoms with Crippen molar-refractivity contribution in [3.8, 4) is 0 Å². The second kappa shape index (κ2) is 2.44. The van der Waals surface area contributed by atoms with Crippen molar-refractivity contribution in [1.82, 2.24) is 0 Å². The van der Waals surface area contributed by atoms with E-state index in [1.165, 1.54) is 0 Å². The summed E-state index contributed by atoms with van der Waals surface area (Å²) >= 11 is 0. The Hall–Kier alpha value is -0.120. The van der Waals surface area contributed by atoms with Gasteiger partial charge in [0.15, 0.2) is 5.79 Å². The van der Waals surface area contributed by atoms with Gasteiger partial charge in [0.2, 0.25) is 0 Å². The molecule has 1 N–H and O–H groups in total. The van der Waals surface area contributed by atoms with Crippen molar-refractivity contribution in [2.75, 3.05) is 6.61 Å². The Kier molecular flexibility index (Phi) is 1.72. The van der Waals surface area contributed by atoms with Crippen LogP contribution in [0, 0.1) is 0 Å². The van der Waals surface area contributed by atoms with Crippen LogP contribution in [0.3, 0.4) is 0 Å². The highest BCUT2D eigenvalue weighted by Crippen LogP contribution is 2.45. The molecule has 0 aromatic carbocycles. The highest BCUT2D eigenvalue weighted by Gasteiger charge is 2.55. The highest BCUT2D eigenvalue weighted by atomic mass is 16.8. The van der Waals surface area contributed by atoms with Crippen LogP contribution < -0.4 is 0 Å². The van der Waals surface area contributed by atoms with Crippen LogP contribution in [0.2, 0.25) is 0 Å². The first-order valence-electron chi connectivity index (χ1n) is 4.57. The molecule has 0 radical (unpaired) electrons. The number of aliphatic hydroxyl groups excluding tert-OH is 1. The first-order valence-corrected chi connectivity index (χ1v) is 4.57. The third kappa shape index (κ3) is 1.08. The predicted octanol–water partition coefficient (Wildman–Crippen LogP) is 1.05. The summed E-state index contributed by atoms with van der Waals surface area (Å²) in [5.74, 6) is -0.506. The minimum atomic E-state index is -0.506. The molecule has 0 spiro atoms. The summed E-state index contributed by atoms with van der Waals surface area (Å²) in [7, 11) is 0. The molecule has 12 heavy (non-hydrogen) atoms. The molecule has 1 heterocycles. The number of ether oxygens (including phenoxy) is 2. The molecular weight excluding hydrogens is 156 g/mol. The van der Waals surface area contributed by atoms with E-state index in [1.807, 2.05) is 13.8 Å². The van der Waals surface area contributed by atoms with Crippen molar-refractivity contribution >= 4 is 0 Å². The summed E-state index contributed by atoms with van der Waals surface area (Å²) in [5, 5.41) is 9.25. The first kappa shape index (κ1) is 8.48. The second-order valence-corrected chi connectivity index (χ2v) is 4.22.